The monoisotopic (exact) mass is 328 g/mol. The molecule has 1 aromatic carbocycles. The molecule has 6 heteroatoms. The molecule has 0 radical (unpaired) electrons. The van der Waals surface area contributed by atoms with Crippen LogP contribution in [0.2, 0.25) is 5.02 Å². The van der Waals surface area contributed by atoms with Gasteiger partial charge in [-0.25, -0.2) is 0 Å². The Kier molecular flexibility index (Phi) is 5.14. The molecule has 1 aliphatic heterocycles. The van der Waals surface area contributed by atoms with Crippen molar-refractivity contribution in [3.8, 4) is 5.75 Å². The Labute approximate surface area is 135 Å². The number of nitrogens with two attached hydrogens (primary N) is 1. The Morgan fingerprint density at radius 3 is 2.90 bits per heavy atom. The summed E-state index contributed by atoms with van der Waals surface area (Å²) in [6.07, 6.45) is 4.13. The van der Waals surface area contributed by atoms with Crippen molar-refractivity contribution >= 4 is 36.0 Å². The van der Waals surface area contributed by atoms with E-state index in [1.807, 2.05) is 12.1 Å². The minimum absolute atomic E-state index is 0. The van der Waals surface area contributed by atoms with Crippen molar-refractivity contribution in [1.29, 1.82) is 0 Å². The van der Waals surface area contributed by atoms with E-state index < -0.39 is 0 Å². The molecule has 0 saturated heterocycles. The van der Waals surface area contributed by atoms with Crippen molar-refractivity contribution in [3.05, 3.63) is 34.4 Å². The van der Waals surface area contributed by atoms with Crippen molar-refractivity contribution in [2.75, 3.05) is 13.2 Å². The smallest absolute Gasteiger partial charge is 0.250 e. The molecule has 3 N–H and O–H groups in total. The van der Waals surface area contributed by atoms with Crippen LogP contribution in [-0.2, 0) is 4.79 Å². The summed E-state index contributed by atoms with van der Waals surface area (Å²) >= 11 is 5.96. The first-order valence-electron chi connectivity index (χ1n) is 6.81. The van der Waals surface area contributed by atoms with Crippen LogP contribution < -0.4 is 15.8 Å². The molecular weight excluding hydrogens is 311 g/mol. The largest absolute Gasteiger partial charge is 0.488 e. The number of fused-ring (bicyclic) bond motifs is 1. The number of halogens is 2. The third-order valence-corrected chi connectivity index (χ3v) is 3.97. The number of amides is 1. The SMILES string of the molecule is Cl.NCC(NC(=O)C1=Cc2cc(Cl)ccc2OC1)C1CC1. The molecule has 0 aromatic heterocycles. The average molecular weight is 329 g/mol. The minimum atomic E-state index is -0.0991. The summed E-state index contributed by atoms with van der Waals surface area (Å²) in [6, 6.07) is 5.46. The van der Waals surface area contributed by atoms with Crippen molar-refractivity contribution in [2.24, 2.45) is 11.7 Å². The molecule has 1 unspecified atom stereocenters. The van der Waals surface area contributed by atoms with Gasteiger partial charge in [0.1, 0.15) is 12.4 Å². The average Bonchev–Trinajstić information content (AvgIpc) is 3.28. The number of nitrogens with one attached hydrogen (secondary N) is 1. The molecule has 4 nitrogen and oxygen atoms in total. The van der Waals surface area contributed by atoms with Crippen molar-refractivity contribution < 1.29 is 9.53 Å². The molecule has 1 aromatic rings. The molecule has 0 bridgehead atoms. The topological polar surface area (TPSA) is 64.3 Å². The van der Waals surface area contributed by atoms with E-state index in [1.54, 1.807) is 12.1 Å². The second-order valence-electron chi connectivity index (χ2n) is 5.29. The Morgan fingerprint density at radius 1 is 1.48 bits per heavy atom. The van der Waals surface area contributed by atoms with Crippen LogP contribution >= 0.6 is 24.0 Å². The van der Waals surface area contributed by atoms with Gasteiger partial charge in [-0.15, -0.1) is 12.4 Å². The highest BCUT2D eigenvalue weighted by Gasteiger charge is 2.32. The first-order chi connectivity index (χ1) is 9.67. The van der Waals surface area contributed by atoms with Gasteiger partial charge in [-0.1, -0.05) is 11.6 Å². The molecule has 1 amide bonds. The molecule has 1 fully saturated rings. The van der Waals surface area contributed by atoms with E-state index in [4.69, 9.17) is 22.1 Å². The van der Waals surface area contributed by atoms with Gasteiger partial charge in [-0.05, 0) is 43.0 Å². The fraction of sp³-hybridized carbons (Fsp3) is 0.400. The molecule has 2 aliphatic rings. The summed E-state index contributed by atoms with van der Waals surface area (Å²) in [7, 11) is 0. The van der Waals surface area contributed by atoms with Crippen LogP contribution in [0.5, 0.6) is 5.75 Å². The Balaban J connectivity index is 0.00000161. The fourth-order valence-corrected chi connectivity index (χ4v) is 2.59. The number of ether oxygens (including phenoxy) is 1. The highest BCUT2D eigenvalue weighted by Crippen LogP contribution is 2.33. The Morgan fingerprint density at radius 2 is 2.24 bits per heavy atom. The molecule has 1 aliphatic carbocycles. The predicted octanol–water partition coefficient (Wildman–Crippen LogP) is 2.39. The number of hydrogen-bond acceptors (Lipinski definition) is 3. The number of rotatable bonds is 4. The van der Waals surface area contributed by atoms with E-state index in [9.17, 15) is 4.79 Å². The summed E-state index contributed by atoms with van der Waals surface area (Å²) in [5, 5.41) is 3.63. The lowest BCUT2D eigenvalue weighted by Crippen LogP contribution is -2.43. The normalized spacial score (nSPS) is 17.7. The van der Waals surface area contributed by atoms with Gasteiger partial charge in [0.05, 0.1) is 5.57 Å². The zero-order valence-electron chi connectivity index (χ0n) is 11.5. The molecule has 1 atom stereocenters. The molecule has 21 heavy (non-hydrogen) atoms. The van der Waals surface area contributed by atoms with Crippen molar-refractivity contribution in [1.82, 2.24) is 5.32 Å². The summed E-state index contributed by atoms with van der Waals surface area (Å²) in [5.74, 6) is 1.19. The van der Waals surface area contributed by atoms with Crippen LogP contribution in [0.3, 0.4) is 0 Å². The summed E-state index contributed by atoms with van der Waals surface area (Å²) < 4.78 is 5.58. The van der Waals surface area contributed by atoms with Crippen molar-refractivity contribution in [2.45, 2.75) is 18.9 Å². The third-order valence-electron chi connectivity index (χ3n) is 3.74. The van der Waals surface area contributed by atoms with Crippen LogP contribution in [-0.4, -0.2) is 25.1 Å². The van der Waals surface area contributed by atoms with Gasteiger partial charge >= 0.3 is 0 Å². The van der Waals surface area contributed by atoms with E-state index in [1.165, 1.54) is 0 Å². The second kappa shape index (κ2) is 6.69. The van der Waals surface area contributed by atoms with Gasteiger partial charge in [-0.3, -0.25) is 4.79 Å². The standard InChI is InChI=1S/C15H17ClN2O2.ClH/c16-12-3-4-14-10(6-12)5-11(8-20-14)15(19)18-13(7-17)9-1-2-9;/h3-6,9,13H,1-2,7-8,17H2,(H,18,19);1H. The van der Waals surface area contributed by atoms with Gasteiger partial charge in [0.25, 0.3) is 5.91 Å². The highest BCUT2D eigenvalue weighted by molar-refractivity contribution is 6.30. The lowest BCUT2D eigenvalue weighted by atomic mass is 10.1. The quantitative estimate of drug-likeness (QED) is 0.891. The van der Waals surface area contributed by atoms with Crippen molar-refractivity contribution in [3.63, 3.8) is 0 Å². The van der Waals surface area contributed by atoms with Gasteiger partial charge in [-0.2, -0.15) is 0 Å². The van der Waals surface area contributed by atoms with Crippen LogP contribution in [0.4, 0.5) is 0 Å². The maximum absolute atomic E-state index is 12.2. The van der Waals surface area contributed by atoms with Gasteiger partial charge in [0.2, 0.25) is 0 Å². The second-order valence-corrected chi connectivity index (χ2v) is 5.73. The summed E-state index contributed by atoms with van der Waals surface area (Å²) in [4.78, 5) is 12.2. The molecule has 3 rings (SSSR count). The number of carbonyl (C=O) groups excluding carboxylic acids is 1. The lowest BCUT2D eigenvalue weighted by molar-refractivity contribution is -0.118. The third kappa shape index (κ3) is 3.70. The number of benzene rings is 1. The number of carbonyl (C=O) groups is 1. The van der Waals surface area contributed by atoms with E-state index in [0.29, 0.717) is 23.1 Å². The van der Waals surface area contributed by atoms with Crippen LogP contribution in [0, 0.1) is 5.92 Å². The molecule has 1 heterocycles. The zero-order valence-corrected chi connectivity index (χ0v) is 13.0. The fourth-order valence-electron chi connectivity index (χ4n) is 2.41. The van der Waals surface area contributed by atoms with E-state index in [2.05, 4.69) is 5.32 Å². The lowest BCUT2D eigenvalue weighted by Gasteiger charge is -2.21. The van der Waals surface area contributed by atoms with E-state index in [-0.39, 0.29) is 31.0 Å². The predicted molar refractivity (Wildman–Crippen MR) is 85.9 cm³/mol. The Hall–Kier alpha value is -1.23. The van der Waals surface area contributed by atoms with E-state index in [0.717, 1.165) is 24.2 Å². The maximum Gasteiger partial charge on any atom is 0.250 e. The summed E-state index contributed by atoms with van der Waals surface area (Å²) in [5.41, 5.74) is 7.15. The van der Waals surface area contributed by atoms with Gasteiger partial charge in [0, 0.05) is 23.2 Å². The van der Waals surface area contributed by atoms with Gasteiger partial charge in [0.15, 0.2) is 0 Å². The first kappa shape index (κ1) is 16.1. The molecule has 1 saturated carbocycles. The molecular formula is C15H18Cl2N2O2. The Bertz CT molecular complexity index is 571. The van der Waals surface area contributed by atoms with E-state index >= 15 is 0 Å². The first-order valence-corrected chi connectivity index (χ1v) is 7.19. The number of hydrogen-bond donors (Lipinski definition) is 2. The van der Waals surface area contributed by atoms with Gasteiger partial charge < -0.3 is 15.8 Å². The van der Waals surface area contributed by atoms with Crippen LogP contribution in [0.25, 0.3) is 6.08 Å². The minimum Gasteiger partial charge on any atom is -0.488 e. The van der Waals surface area contributed by atoms with Crippen LogP contribution in [0.15, 0.2) is 23.8 Å². The highest BCUT2D eigenvalue weighted by atomic mass is 35.5. The molecule has 0 spiro atoms. The van der Waals surface area contributed by atoms with Crippen LogP contribution in [0.1, 0.15) is 18.4 Å². The molecule has 114 valence electrons. The zero-order chi connectivity index (χ0) is 14.1. The summed E-state index contributed by atoms with van der Waals surface area (Å²) in [6.45, 7) is 0.759. The maximum atomic E-state index is 12.2.